The maximum Gasteiger partial charge on any atom is 0.338 e. The van der Waals surface area contributed by atoms with Gasteiger partial charge in [-0.15, -0.1) is 0 Å². The number of carbonyl (C=O) groups is 2. The molecule has 0 spiro atoms. The summed E-state index contributed by atoms with van der Waals surface area (Å²) in [6.07, 6.45) is 3.51. The van der Waals surface area contributed by atoms with Crippen LogP contribution in [0, 0.1) is 6.92 Å². The number of amides is 2. The molecule has 29 heavy (non-hydrogen) atoms. The highest BCUT2D eigenvalue weighted by atomic mass is 16.5. The first-order valence-corrected chi connectivity index (χ1v) is 10.7. The van der Waals surface area contributed by atoms with Gasteiger partial charge in [-0.1, -0.05) is 36.2 Å². The standard InChI is InChI=1S/C23H33N3O3/c1-5-26-19(15-25-13-8-7-11-17(25)4)20(22(27)29-6-2)21(24-23(26)28)18-12-9-10-16(3)14-18/h9-10,12,14,17,21H,5-8,11,13,15H2,1-4H3,(H,24,28)/t17-,21+/m0/s1. The van der Waals surface area contributed by atoms with Crippen LogP contribution in [0.1, 0.15) is 57.2 Å². The fourth-order valence-corrected chi connectivity index (χ4v) is 4.34. The van der Waals surface area contributed by atoms with E-state index in [2.05, 4.69) is 17.1 Å². The van der Waals surface area contributed by atoms with Crippen molar-refractivity contribution in [2.24, 2.45) is 0 Å². The molecule has 2 aliphatic rings. The van der Waals surface area contributed by atoms with Gasteiger partial charge >= 0.3 is 12.0 Å². The minimum absolute atomic E-state index is 0.160. The van der Waals surface area contributed by atoms with Gasteiger partial charge < -0.3 is 10.1 Å². The third-order valence-electron chi connectivity index (χ3n) is 5.92. The molecule has 0 aliphatic carbocycles. The van der Waals surface area contributed by atoms with E-state index in [4.69, 9.17) is 4.74 Å². The molecular weight excluding hydrogens is 366 g/mol. The van der Waals surface area contributed by atoms with Gasteiger partial charge in [0.05, 0.1) is 18.2 Å². The van der Waals surface area contributed by atoms with Gasteiger partial charge in [0.2, 0.25) is 0 Å². The van der Waals surface area contributed by atoms with Gasteiger partial charge in [-0.3, -0.25) is 9.80 Å². The maximum atomic E-state index is 13.1. The smallest absolute Gasteiger partial charge is 0.338 e. The lowest BCUT2D eigenvalue weighted by atomic mass is 9.92. The number of hydrogen-bond donors (Lipinski definition) is 1. The Balaban J connectivity index is 2.10. The molecule has 6 nitrogen and oxygen atoms in total. The largest absolute Gasteiger partial charge is 0.463 e. The Morgan fingerprint density at radius 2 is 2.07 bits per heavy atom. The second-order valence-electron chi connectivity index (χ2n) is 7.94. The van der Waals surface area contributed by atoms with Crippen LogP contribution in [0.15, 0.2) is 35.5 Å². The highest BCUT2D eigenvalue weighted by Crippen LogP contribution is 2.33. The summed E-state index contributed by atoms with van der Waals surface area (Å²) in [5, 5.41) is 3.04. The summed E-state index contributed by atoms with van der Waals surface area (Å²) >= 11 is 0. The van der Waals surface area contributed by atoms with Crippen molar-refractivity contribution in [2.45, 2.75) is 59.0 Å². The number of nitrogens with one attached hydrogen (secondary N) is 1. The van der Waals surface area contributed by atoms with Crippen LogP contribution >= 0.6 is 0 Å². The molecule has 1 fully saturated rings. The van der Waals surface area contributed by atoms with Crippen LogP contribution in [0.25, 0.3) is 0 Å². The Labute approximate surface area is 173 Å². The highest BCUT2D eigenvalue weighted by Gasteiger charge is 2.38. The van der Waals surface area contributed by atoms with Crippen LogP contribution in [0.3, 0.4) is 0 Å². The second kappa shape index (κ2) is 9.44. The number of likely N-dealkylation sites (tertiary alicyclic amines) is 1. The minimum atomic E-state index is -0.501. The normalized spacial score (nSPS) is 23.2. The lowest BCUT2D eigenvalue weighted by molar-refractivity contribution is -0.139. The summed E-state index contributed by atoms with van der Waals surface area (Å²) in [5.74, 6) is -0.350. The second-order valence-corrected chi connectivity index (χ2v) is 7.94. The van der Waals surface area contributed by atoms with Crippen LogP contribution in [0.5, 0.6) is 0 Å². The number of nitrogens with zero attached hydrogens (tertiary/aromatic N) is 2. The number of likely N-dealkylation sites (N-methyl/N-ethyl adjacent to an activating group) is 1. The summed E-state index contributed by atoms with van der Waals surface area (Å²) in [4.78, 5) is 30.1. The molecule has 0 radical (unpaired) electrons. The van der Waals surface area contributed by atoms with E-state index in [0.29, 0.717) is 31.3 Å². The number of ether oxygens (including phenoxy) is 1. The summed E-state index contributed by atoms with van der Waals surface area (Å²) in [7, 11) is 0. The number of piperidine rings is 1. The SMILES string of the molecule is CCOC(=O)C1=C(CN2CCCC[C@@H]2C)N(CC)C(=O)N[C@@H]1c1cccc(C)c1. The van der Waals surface area contributed by atoms with Crippen molar-refractivity contribution >= 4 is 12.0 Å². The van der Waals surface area contributed by atoms with Gasteiger partial charge in [-0.05, 0) is 52.6 Å². The van der Waals surface area contributed by atoms with E-state index in [1.807, 2.05) is 45.0 Å². The molecule has 0 bridgehead atoms. The van der Waals surface area contributed by atoms with Crippen molar-refractivity contribution in [2.75, 3.05) is 26.2 Å². The van der Waals surface area contributed by atoms with E-state index in [9.17, 15) is 9.59 Å². The molecule has 2 aliphatic heterocycles. The third kappa shape index (κ3) is 4.64. The molecule has 0 unspecified atom stereocenters. The van der Waals surface area contributed by atoms with Gasteiger partial charge in [0.1, 0.15) is 0 Å². The molecule has 6 heteroatoms. The molecule has 2 atom stereocenters. The number of hydrogen-bond acceptors (Lipinski definition) is 4. The van der Waals surface area contributed by atoms with Crippen molar-refractivity contribution in [1.82, 2.24) is 15.1 Å². The lowest BCUT2D eigenvalue weighted by Gasteiger charge is -2.40. The molecule has 2 heterocycles. The molecule has 1 aromatic carbocycles. The van der Waals surface area contributed by atoms with Crippen molar-refractivity contribution in [3.8, 4) is 0 Å². The number of benzene rings is 1. The van der Waals surface area contributed by atoms with E-state index in [1.54, 1.807) is 4.90 Å². The van der Waals surface area contributed by atoms with Crippen LogP contribution in [-0.2, 0) is 9.53 Å². The number of esters is 1. The van der Waals surface area contributed by atoms with Gasteiger partial charge in [0, 0.05) is 24.8 Å². The van der Waals surface area contributed by atoms with Gasteiger partial charge in [0.25, 0.3) is 0 Å². The van der Waals surface area contributed by atoms with Crippen molar-refractivity contribution in [3.05, 3.63) is 46.7 Å². The molecular formula is C23H33N3O3. The molecule has 1 aromatic rings. The van der Waals surface area contributed by atoms with Crippen LogP contribution in [-0.4, -0.2) is 54.1 Å². The van der Waals surface area contributed by atoms with Gasteiger partial charge in [-0.25, -0.2) is 9.59 Å². The average molecular weight is 400 g/mol. The Kier molecular flexibility index (Phi) is 6.96. The molecule has 0 saturated carbocycles. The number of rotatable bonds is 6. The maximum absolute atomic E-state index is 13.1. The van der Waals surface area contributed by atoms with Crippen molar-refractivity contribution < 1.29 is 14.3 Å². The van der Waals surface area contributed by atoms with Crippen LogP contribution < -0.4 is 5.32 Å². The van der Waals surface area contributed by atoms with E-state index in [-0.39, 0.29) is 12.0 Å². The van der Waals surface area contributed by atoms with E-state index in [0.717, 1.165) is 36.2 Å². The van der Waals surface area contributed by atoms with Gasteiger partial charge in [0.15, 0.2) is 0 Å². The Hall–Kier alpha value is -2.34. The quantitative estimate of drug-likeness (QED) is 0.740. The molecule has 1 N–H and O–H groups in total. The summed E-state index contributed by atoms with van der Waals surface area (Å²) < 4.78 is 5.44. The summed E-state index contributed by atoms with van der Waals surface area (Å²) in [6.45, 7) is 10.4. The fourth-order valence-electron chi connectivity index (χ4n) is 4.34. The number of carbonyl (C=O) groups excluding carboxylic acids is 2. The predicted octanol–water partition coefficient (Wildman–Crippen LogP) is 3.77. The first-order valence-electron chi connectivity index (χ1n) is 10.7. The lowest BCUT2D eigenvalue weighted by Crippen LogP contribution is -2.52. The van der Waals surface area contributed by atoms with E-state index >= 15 is 0 Å². The van der Waals surface area contributed by atoms with Gasteiger partial charge in [-0.2, -0.15) is 0 Å². The monoisotopic (exact) mass is 399 g/mol. The molecule has 0 aromatic heterocycles. The zero-order chi connectivity index (χ0) is 21.0. The van der Waals surface area contributed by atoms with Crippen molar-refractivity contribution in [1.29, 1.82) is 0 Å². The Morgan fingerprint density at radius 3 is 2.72 bits per heavy atom. The number of aryl methyl sites for hydroxylation is 1. The van der Waals surface area contributed by atoms with Crippen LogP contribution in [0.4, 0.5) is 4.79 Å². The van der Waals surface area contributed by atoms with E-state index < -0.39 is 6.04 Å². The first-order chi connectivity index (χ1) is 14.0. The first kappa shape index (κ1) is 21.4. The predicted molar refractivity (Wildman–Crippen MR) is 113 cm³/mol. The minimum Gasteiger partial charge on any atom is -0.463 e. The zero-order valence-corrected chi connectivity index (χ0v) is 18.0. The van der Waals surface area contributed by atoms with E-state index in [1.165, 1.54) is 6.42 Å². The third-order valence-corrected chi connectivity index (χ3v) is 5.92. The highest BCUT2D eigenvalue weighted by molar-refractivity contribution is 5.95. The average Bonchev–Trinajstić information content (AvgIpc) is 2.69. The summed E-state index contributed by atoms with van der Waals surface area (Å²) in [5.41, 5.74) is 3.32. The topological polar surface area (TPSA) is 61.9 Å². The van der Waals surface area contributed by atoms with Crippen molar-refractivity contribution in [3.63, 3.8) is 0 Å². The Morgan fingerprint density at radius 1 is 1.28 bits per heavy atom. The molecule has 2 amide bonds. The molecule has 1 saturated heterocycles. The van der Waals surface area contributed by atoms with Crippen LogP contribution in [0.2, 0.25) is 0 Å². The Bertz CT molecular complexity index is 789. The molecule has 158 valence electrons. The number of urea groups is 1. The summed E-state index contributed by atoms with van der Waals surface area (Å²) in [6, 6.07) is 7.72. The zero-order valence-electron chi connectivity index (χ0n) is 18.0. The molecule has 3 rings (SSSR count). The fraction of sp³-hybridized carbons (Fsp3) is 0.565.